The van der Waals surface area contributed by atoms with E-state index in [2.05, 4.69) is 17.2 Å². The maximum atomic E-state index is 9.87. The molecule has 3 nitrogen and oxygen atoms in total. The van der Waals surface area contributed by atoms with Gasteiger partial charge in [0.25, 0.3) is 0 Å². The Hall–Kier alpha value is -0.560. The molecule has 0 heterocycles. The van der Waals surface area contributed by atoms with Crippen LogP contribution in [0.1, 0.15) is 26.7 Å². The van der Waals surface area contributed by atoms with Crippen molar-refractivity contribution in [1.82, 2.24) is 5.32 Å². The molecule has 0 aromatic rings. The van der Waals surface area contributed by atoms with Crippen molar-refractivity contribution in [3.8, 4) is 11.8 Å². The van der Waals surface area contributed by atoms with E-state index in [9.17, 15) is 5.11 Å². The van der Waals surface area contributed by atoms with Crippen LogP contribution in [0.5, 0.6) is 0 Å². The van der Waals surface area contributed by atoms with Gasteiger partial charge in [0, 0.05) is 26.6 Å². The van der Waals surface area contributed by atoms with Crippen molar-refractivity contribution in [2.75, 3.05) is 26.8 Å². The molecule has 0 radical (unpaired) electrons. The molecule has 0 aliphatic carbocycles. The van der Waals surface area contributed by atoms with Gasteiger partial charge in [0.15, 0.2) is 0 Å². The largest absolute Gasteiger partial charge is 0.389 e. The topological polar surface area (TPSA) is 41.5 Å². The van der Waals surface area contributed by atoms with Crippen LogP contribution in [0.3, 0.4) is 0 Å². The summed E-state index contributed by atoms with van der Waals surface area (Å²) in [5.74, 6) is 5.76. The average molecular weight is 199 g/mol. The molecule has 0 fully saturated rings. The van der Waals surface area contributed by atoms with Gasteiger partial charge in [-0.3, -0.25) is 0 Å². The maximum absolute atomic E-state index is 9.87. The number of aliphatic hydroxyl groups is 1. The summed E-state index contributed by atoms with van der Waals surface area (Å²) >= 11 is 0. The fraction of sp³-hybridized carbons (Fsp3) is 0.818. The molecule has 3 heteroatoms. The van der Waals surface area contributed by atoms with Crippen molar-refractivity contribution in [1.29, 1.82) is 0 Å². The molecule has 0 aromatic carbocycles. The highest BCUT2D eigenvalue weighted by molar-refractivity contribution is 4.96. The van der Waals surface area contributed by atoms with Crippen LogP contribution in [-0.4, -0.2) is 37.5 Å². The third kappa shape index (κ3) is 8.06. The number of methoxy groups -OCH3 is 1. The zero-order valence-corrected chi connectivity index (χ0v) is 9.39. The van der Waals surface area contributed by atoms with Crippen LogP contribution in [0.4, 0.5) is 0 Å². The van der Waals surface area contributed by atoms with Crippen molar-refractivity contribution in [2.24, 2.45) is 0 Å². The van der Waals surface area contributed by atoms with E-state index in [1.165, 1.54) is 0 Å². The standard InChI is InChI=1S/C11H21NO2/c1-4-5-6-7-11(2,13)10-12-8-9-14-3/h12-13H,6-10H2,1-3H3. The predicted octanol–water partition coefficient (Wildman–Crippen LogP) is 0.777. The van der Waals surface area contributed by atoms with Gasteiger partial charge in [0.2, 0.25) is 0 Å². The molecular weight excluding hydrogens is 178 g/mol. The van der Waals surface area contributed by atoms with Crippen LogP contribution in [0.15, 0.2) is 0 Å². The van der Waals surface area contributed by atoms with Gasteiger partial charge < -0.3 is 15.2 Å². The monoisotopic (exact) mass is 199 g/mol. The Balaban J connectivity index is 3.53. The smallest absolute Gasteiger partial charge is 0.0752 e. The third-order valence-corrected chi connectivity index (χ3v) is 1.95. The minimum absolute atomic E-state index is 0.585. The first-order valence-electron chi connectivity index (χ1n) is 4.94. The highest BCUT2D eigenvalue weighted by atomic mass is 16.5. The zero-order valence-electron chi connectivity index (χ0n) is 9.39. The Morgan fingerprint density at radius 2 is 2.21 bits per heavy atom. The van der Waals surface area contributed by atoms with Gasteiger partial charge in [0.05, 0.1) is 12.2 Å². The van der Waals surface area contributed by atoms with Crippen molar-refractivity contribution >= 4 is 0 Å². The lowest BCUT2D eigenvalue weighted by Crippen LogP contribution is -2.38. The molecule has 82 valence electrons. The fourth-order valence-corrected chi connectivity index (χ4v) is 1.08. The molecule has 14 heavy (non-hydrogen) atoms. The molecule has 0 saturated heterocycles. The van der Waals surface area contributed by atoms with E-state index in [1.807, 2.05) is 13.8 Å². The van der Waals surface area contributed by atoms with Crippen LogP contribution in [0, 0.1) is 11.8 Å². The summed E-state index contributed by atoms with van der Waals surface area (Å²) in [6, 6.07) is 0. The Bertz CT molecular complexity index is 191. The summed E-state index contributed by atoms with van der Waals surface area (Å²) in [7, 11) is 1.66. The maximum Gasteiger partial charge on any atom is 0.0752 e. The molecule has 1 unspecified atom stereocenters. The summed E-state index contributed by atoms with van der Waals surface area (Å²) in [6.07, 6.45) is 1.45. The second-order valence-electron chi connectivity index (χ2n) is 3.59. The minimum Gasteiger partial charge on any atom is -0.389 e. The van der Waals surface area contributed by atoms with Gasteiger partial charge in [-0.25, -0.2) is 0 Å². The molecule has 0 saturated carbocycles. The first kappa shape index (κ1) is 13.4. The number of hydrogen-bond donors (Lipinski definition) is 2. The number of hydrogen-bond acceptors (Lipinski definition) is 3. The van der Waals surface area contributed by atoms with E-state index >= 15 is 0 Å². The van der Waals surface area contributed by atoms with Gasteiger partial charge in [0.1, 0.15) is 0 Å². The van der Waals surface area contributed by atoms with E-state index in [1.54, 1.807) is 7.11 Å². The molecule has 0 bridgehead atoms. The first-order chi connectivity index (χ1) is 6.62. The van der Waals surface area contributed by atoms with Gasteiger partial charge in [-0.1, -0.05) is 0 Å². The zero-order chi connectivity index (χ0) is 10.9. The first-order valence-corrected chi connectivity index (χ1v) is 4.94. The van der Waals surface area contributed by atoms with E-state index < -0.39 is 5.60 Å². The van der Waals surface area contributed by atoms with E-state index in [0.29, 0.717) is 19.6 Å². The summed E-state index contributed by atoms with van der Waals surface area (Å²) in [5.41, 5.74) is -0.669. The molecule has 0 spiro atoms. The molecule has 2 N–H and O–H groups in total. The minimum atomic E-state index is -0.669. The normalized spacial score (nSPS) is 14.3. The Kier molecular flexibility index (Phi) is 7.50. The average Bonchev–Trinajstić information content (AvgIpc) is 2.13. The molecule has 0 rings (SSSR count). The van der Waals surface area contributed by atoms with E-state index in [0.717, 1.165) is 13.0 Å². The van der Waals surface area contributed by atoms with Crippen molar-refractivity contribution in [3.63, 3.8) is 0 Å². The van der Waals surface area contributed by atoms with Crippen molar-refractivity contribution in [2.45, 2.75) is 32.3 Å². The van der Waals surface area contributed by atoms with Gasteiger partial charge >= 0.3 is 0 Å². The van der Waals surface area contributed by atoms with Gasteiger partial charge in [-0.2, -0.15) is 0 Å². The highest BCUT2D eigenvalue weighted by Gasteiger charge is 2.18. The van der Waals surface area contributed by atoms with Crippen LogP contribution in [0.2, 0.25) is 0 Å². The molecule has 0 amide bonds. The second-order valence-corrected chi connectivity index (χ2v) is 3.59. The van der Waals surface area contributed by atoms with Crippen LogP contribution in [-0.2, 0) is 4.74 Å². The highest BCUT2D eigenvalue weighted by Crippen LogP contribution is 2.09. The van der Waals surface area contributed by atoms with E-state index in [-0.39, 0.29) is 0 Å². The van der Waals surface area contributed by atoms with Crippen molar-refractivity contribution in [3.05, 3.63) is 0 Å². The SMILES string of the molecule is CC#CCCC(C)(O)CNCCOC. The molecule has 0 aromatic heterocycles. The van der Waals surface area contributed by atoms with Gasteiger partial charge in [-0.05, 0) is 20.3 Å². The van der Waals surface area contributed by atoms with Gasteiger partial charge in [-0.15, -0.1) is 11.8 Å². The molecular formula is C11H21NO2. The Morgan fingerprint density at radius 3 is 2.79 bits per heavy atom. The summed E-state index contributed by atoms with van der Waals surface area (Å²) in [4.78, 5) is 0. The second kappa shape index (κ2) is 7.81. The molecule has 1 atom stereocenters. The number of rotatable bonds is 7. The number of ether oxygens (including phenoxy) is 1. The van der Waals surface area contributed by atoms with E-state index in [4.69, 9.17) is 4.74 Å². The fourth-order valence-electron chi connectivity index (χ4n) is 1.08. The lowest BCUT2D eigenvalue weighted by molar-refractivity contribution is 0.0506. The summed E-state index contributed by atoms with van der Waals surface area (Å²) < 4.78 is 4.89. The third-order valence-electron chi connectivity index (χ3n) is 1.95. The lowest BCUT2D eigenvalue weighted by Gasteiger charge is -2.22. The lowest BCUT2D eigenvalue weighted by atomic mass is 10.0. The quantitative estimate of drug-likeness (QED) is 0.470. The van der Waals surface area contributed by atoms with Crippen LogP contribution >= 0.6 is 0 Å². The molecule has 0 aliphatic heterocycles. The summed E-state index contributed by atoms with van der Waals surface area (Å²) in [6.45, 7) is 5.66. The predicted molar refractivity (Wildman–Crippen MR) is 58.1 cm³/mol. The Labute approximate surface area is 86.8 Å². The van der Waals surface area contributed by atoms with Crippen molar-refractivity contribution < 1.29 is 9.84 Å². The molecule has 0 aliphatic rings. The Morgan fingerprint density at radius 1 is 1.50 bits per heavy atom. The number of nitrogens with one attached hydrogen (secondary N) is 1. The van der Waals surface area contributed by atoms with Crippen LogP contribution < -0.4 is 5.32 Å². The summed E-state index contributed by atoms with van der Waals surface area (Å²) in [5, 5.41) is 13.0. The van der Waals surface area contributed by atoms with Crippen LogP contribution in [0.25, 0.3) is 0 Å².